The highest BCUT2D eigenvalue weighted by atomic mass is 16.4. The van der Waals surface area contributed by atoms with Gasteiger partial charge in [-0.2, -0.15) is 0 Å². The molecular weight excluding hydrogens is 256 g/mol. The van der Waals surface area contributed by atoms with Gasteiger partial charge in [-0.05, 0) is 55.0 Å². The fourth-order valence-electron chi connectivity index (χ4n) is 1.72. The lowest BCUT2D eigenvalue weighted by molar-refractivity contribution is 0.0696. The van der Waals surface area contributed by atoms with Crippen molar-refractivity contribution in [3.05, 3.63) is 59.2 Å². The maximum atomic E-state index is 12.0. The molecule has 0 radical (unpaired) electrons. The molecule has 0 aliphatic rings. The second kappa shape index (κ2) is 5.44. The lowest BCUT2D eigenvalue weighted by Crippen LogP contribution is -2.12. The molecule has 2 rings (SSSR count). The van der Waals surface area contributed by atoms with Gasteiger partial charge in [0.2, 0.25) is 0 Å². The molecule has 1 amide bonds. The first-order valence-electron chi connectivity index (χ1n) is 5.98. The molecule has 0 atom stereocenters. The summed E-state index contributed by atoms with van der Waals surface area (Å²) in [5, 5.41) is 11.5. The summed E-state index contributed by atoms with van der Waals surface area (Å²) in [6.45, 7) is 1.83. The van der Waals surface area contributed by atoms with Gasteiger partial charge < -0.3 is 16.2 Å². The van der Waals surface area contributed by atoms with Gasteiger partial charge >= 0.3 is 5.97 Å². The molecule has 20 heavy (non-hydrogen) atoms. The number of amides is 1. The van der Waals surface area contributed by atoms with E-state index in [2.05, 4.69) is 5.32 Å². The third-order valence-electron chi connectivity index (χ3n) is 2.92. The number of benzene rings is 2. The average Bonchev–Trinajstić information content (AvgIpc) is 2.42. The molecule has 5 heteroatoms. The van der Waals surface area contributed by atoms with Gasteiger partial charge in [0.05, 0.1) is 5.56 Å². The summed E-state index contributed by atoms with van der Waals surface area (Å²) in [5.74, 6) is -1.27. The maximum Gasteiger partial charge on any atom is 0.335 e. The van der Waals surface area contributed by atoms with Crippen LogP contribution < -0.4 is 11.1 Å². The summed E-state index contributed by atoms with van der Waals surface area (Å²) in [4.78, 5) is 22.8. The van der Waals surface area contributed by atoms with E-state index in [9.17, 15) is 9.59 Å². The minimum absolute atomic E-state index is 0.173. The average molecular weight is 270 g/mol. The summed E-state index contributed by atoms with van der Waals surface area (Å²) in [6, 6.07) is 11.0. The molecule has 0 aliphatic carbocycles. The number of rotatable bonds is 3. The highest BCUT2D eigenvalue weighted by Gasteiger charge is 2.08. The molecule has 0 saturated heterocycles. The molecule has 0 aliphatic heterocycles. The van der Waals surface area contributed by atoms with Gasteiger partial charge in [-0.1, -0.05) is 0 Å². The fraction of sp³-hybridized carbons (Fsp3) is 0.0667. The highest BCUT2D eigenvalue weighted by molar-refractivity contribution is 6.04. The van der Waals surface area contributed by atoms with Gasteiger partial charge in [-0.15, -0.1) is 0 Å². The predicted molar refractivity (Wildman–Crippen MR) is 76.9 cm³/mol. The monoisotopic (exact) mass is 270 g/mol. The van der Waals surface area contributed by atoms with E-state index in [0.29, 0.717) is 16.9 Å². The van der Waals surface area contributed by atoms with E-state index < -0.39 is 5.97 Å². The third kappa shape index (κ3) is 2.95. The Balaban J connectivity index is 2.14. The number of carbonyl (C=O) groups is 2. The van der Waals surface area contributed by atoms with Crippen LogP contribution in [0.1, 0.15) is 26.3 Å². The smallest absolute Gasteiger partial charge is 0.335 e. The molecule has 2 aromatic rings. The highest BCUT2D eigenvalue weighted by Crippen LogP contribution is 2.15. The first-order chi connectivity index (χ1) is 9.47. The Morgan fingerprint density at radius 3 is 2.20 bits per heavy atom. The van der Waals surface area contributed by atoms with Crippen molar-refractivity contribution in [1.29, 1.82) is 0 Å². The van der Waals surface area contributed by atoms with E-state index in [-0.39, 0.29) is 11.5 Å². The van der Waals surface area contributed by atoms with E-state index in [1.54, 1.807) is 30.3 Å². The summed E-state index contributed by atoms with van der Waals surface area (Å²) in [5.41, 5.74) is 8.37. The Labute approximate surface area is 116 Å². The third-order valence-corrected chi connectivity index (χ3v) is 2.92. The van der Waals surface area contributed by atoms with Crippen LogP contribution in [0.15, 0.2) is 42.5 Å². The van der Waals surface area contributed by atoms with Crippen molar-refractivity contribution in [2.45, 2.75) is 6.92 Å². The molecular formula is C15H14N2O3. The zero-order valence-electron chi connectivity index (χ0n) is 10.9. The number of nitrogens with two attached hydrogens (primary N) is 1. The van der Waals surface area contributed by atoms with Crippen molar-refractivity contribution in [3.63, 3.8) is 0 Å². The van der Waals surface area contributed by atoms with Gasteiger partial charge in [-0.25, -0.2) is 4.79 Å². The number of carboxylic acid groups (broad SMARTS) is 1. The van der Waals surface area contributed by atoms with Crippen LogP contribution in [0.3, 0.4) is 0 Å². The van der Waals surface area contributed by atoms with Crippen molar-refractivity contribution in [3.8, 4) is 0 Å². The molecule has 4 N–H and O–H groups in total. The topological polar surface area (TPSA) is 92.4 Å². The molecule has 5 nitrogen and oxygen atoms in total. The van der Waals surface area contributed by atoms with Crippen molar-refractivity contribution in [1.82, 2.24) is 0 Å². The predicted octanol–water partition coefficient (Wildman–Crippen LogP) is 2.53. The van der Waals surface area contributed by atoms with Crippen LogP contribution in [-0.4, -0.2) is 17.0 Å². The molecule has 0 aromatic heterocycles. The second-order valence-electron chi connectivity index (χ2n) is 4.41. The number of nitrogen functional groups attached to an aromatic ring is 1. The fourth-order valence-corrected chi connectivity index (χ4v) is 1.72. The van der Waals surface area contributed by atoms with Crippen molar-refractivity contribution in [2.75, 3.05) is 11.1 Å². The van der Waals surface area contributed by atoms with Crippen LogP contribution in [0.4, 0.5) is 11.4 Å². The summed E-state index contributed by atoms with van der Waals surface area (Å²) < 4.78 is 0. The van der Waals surface area contributed by atoms with Crippen LogP contribution in [-0.2, 0) is 0 Å². The SMILES string of the molecule is Cc1cc(C(=O)Nc2ccc(C(=O)O)cc2)ccc1N. The minimum Gasteiger partial charge on any atom is -0.478 e. The van der Waals surface area contributed by atoms with E-state index in [4.69, 9.17) is 10.8 Å². The Morgan fingerprint density at radius 2 is 1.65 bits per heavy atom. The van der Waals surface area contributed by atoms with Gasteiger partial charge in [-0.3, -0.25) is 4.79 Å². The number of hydrogen-bond acceptors (Lipinski definition) is 3. The van der Waals surface area contributed by atoms with E-state index in [1.807, 2.05) is 6.92 Å². The lowest BCUT2D eigenvalue weighted by Gasteiger charge is -2.07. The first kappa shape index (κ1) is 13.6. The van der Waals surface area contributed by atoms with Crippen LogP contribution >= 0.6 is 0 Å². The summed E-state index contributed by atoms with van der Waals surface area (Å²) >= 11 is 0. The van der Waals surface area contributed by atoms with Crippen molar-refractivity contribution >= 4 is 23.3 Å². The molecule has 0 fully saturated rings. The number of anilines is 2. The Hall–Kier alpha value is -2.82. The molecule has 0 saturated carbocycles. The lowest BCUT2D eigenvalue weighted by atomic mass is 10.1. The van der Waals surface area contributed by atoms with Crippen molar-refractivity contribution in [2.24, 2.45) is 0 Å². The quantitative estimate of drug-likeness (QED) is 0.747. The zero-order chi connectivity index (χ0) is 14.7. The standard InChI is InChI=1S/C15H14N2O3/c1-9-8-11(4-7-13(9)16)14(18)17-12-5-2-10(3-6-12)15(19)20/h2-8H,16H2,1H3,(H,17,18)(H,19,20). The summed E-state index contributed by atoms with van der Waals surface area (Å²) in [6.07, 6.45) is 0. The molecule has 2 aromatic carbocycles. The normalized spacial score (nSPS) is 10.1. The van der Waals surface area contributed by atoms with Gasteiger partial charge in [0.1, 0.15) is 0 Å². The minimum atomic E-state index is -1.00. The van der Waals surface area contributed by atoms with Crippen LogP contribution in [0, 0.1) is 6.92 Å². The number of carboxylic acids is 1. The number of aryl methyl sites for hydroxylation is 1. The second-order valence-corrected chi connectivity index (χ2v) is 4.41. The Morgan fingerprint density at radius 1 is 1.05 bits per heavy atom. The van der Waals surface area contributed by atoms with Gasteiger partial charge in [0, 0.05) is 16.9 Å². The Bertz CT molecular complexity index is 663. The Kier molecular flexibility index (Phi) is 3.70. The number of nitrogens with one attached hydrogen (secondary N) is 1. The summed E-state index contributed by atoms with van der Waals surface area (Å²) in [7, 11) is 0. The molecule has 0 heterocycles. The van der Waals surface area contributed by atoms with Crippen LogP contribution in [0.5, 0.6) is 0 Å². The van der Waals surface area contributed by atoms with Crippen LogP contribution in [0.2, 0.25) is 0 Å². The van der Waals surface area contributed by atoms with E-state index in [1.165, 1.54) is 12.1 Å². The largest absolute Gasteiger partial charge is 0.478 e. The molecule has 0 unspecified atom stereocenters. The number of hydrogen-bond donors (Lipinski definition) is 3. The maximum absolute atomic E-state index is 12.0. The first-order valence-corrected chi connectivity index (χ1v) is 5.98. The molecule has 0 spiro atoms. The molecule has 102 valence electrons. The molecule has 0 bridgehead atoms. The van der Waals surface area contributed by atoms with E-state index in [0.717, 1.165) is 5.56 Å². The van der Waals surface area contributed by atoms with Gasteiger partial charge in [0.15, 0.2) is 0 Å². The number of aromatic carboxylic acids is 1. The zero-order valence-corrected chi connectivity index (χ0v) is 10.9. The van der Waals surface area contributed by atoms with Crippen molar-refractivity contribution < 1.29 is 14.7 Å². The van der Waals surface area contributed by atoms with E-state index >= 15 is 0 Å². The van der Waals surface area contributed by atoms with Gasteiger partial charge in [0.25, 0.3) is 5.91 Å². The number of carbonyl (C=O) groups excluding carboxylic acids is 1. The van der Waals surface area contributed by atoms with Crippen LogP contribution in [0.25, 0.3) is 0 Å².